The first-order chi connectivity index (χ1) is 12.5. The second kappa shape index (κ2) is 7.44. The topological polar surface area (TPSA) is 73.3 Å². The molecule has 2 aromatic carbocycles. The van der Waals surface area contributed by atoms with Gasteiger partial charge < -0.3 is 9.47 Å². The molecule has 0 aliphatic carbocycles. The van der Waals surface area contributed by atoms with Gasteiger partial charge in [0, 0.05) is 5.56 Å². The number of hydrogen-bond acceptors (Lipinski definition) is 6. The zero-order valence-electron chi connectivity index (χ0n) is 13.7. The minimum atomic E-state index is -0.902. The first-order valence-corrected chi connectivity index (χ1v) is 8.16. The van der Waals surface area contributed by atoms with Crippen molar-refractivity contribution in [2.75, 3.05) is 19.5 Å². The van der Waals surface area contributed by atoms with Crippen molar-refractivity contribution in [1.29, 1.82) is 0 Å². The zero-order valence-corrected chi connectivity index (χ0v) is 14.6. The third kappa shape index (κ3) is 3.47. The Morgan fingerprint density at radius 1 is 1.00 bits per heavy atom. The molecule has 0 bridgehead atoms. The van der Waals surface area contributed by atoms with Gasteiger partial charge in [0.15, 0.2) is 11.6 Å². The minimum absolute atomic E-state index is 0.145. The number of methoxy groups -OCH3 is 2. The van der Waals surface area contributed by atoms with Gasteiger partial charge in [-0.25, -0.2) is 8.78 Å². The molecule has 0 radical (unpaired) electrons. The van der Waals surface area contributed by atoms with Crippen molar-refractivity contribution in [2.45, 2.75) is 0 Å². The third-order valence-electron chi connectivity index (χ3n) is 3.47. The number of halogens is 2. The number of ether oxygens (including phenoxy) is 2. The lowest BCUT2D eigenvalue weighted by Crippen LogP contribution is -2.15. The molecular weight excluding hydrogens is 364 g/mol. The maximum Gasteiger partial charge on any atom is 0.264 e. The lowest BCUT2D eigenvalue weighted by molar-refractivity contribution is 0.101. The smallest absolute Gasteiger partial charge is 0.264 e. The van der Waals surface area contributed by atoms with Crippen LogP contribution in [0.15, 0.2) is 36.4 Å². The van der Waals surface area contributed by atoms with Crippen LogP contribution in [0.3, 0.4) is 0 Å². The first kappa shape index (κ1) is 17.7. The van der Waals surface area contributed by atoms with E-state index >= 15 is 0 Å². The molecule has 3 aromatic rings. The summed E-state index contributed by atoms with van der Waals surface area (Å²) in [6.07, 6.45) is 0. The summed E-state index contributed by atoms with van der Waals surface area (Å²) in [5.41, 5.74) is 0.243. The van der Waals surface area contributed by atoms with Crippen LogP contribution in [0.1, 0.15) is 10.4 Å². The Kier molecular flexibility index (Phi) is 5.08. The van der Waals surface area contributed by atoms with Gasteiger partial charge in [-0.05, 0) is 36.4 Å². The van der Waals surface area contributed by atoms with Crippen molar-refractivity contribution >= 4 is 22.4 Å². The second-order valence-electron chi connectivity index (χ2n) is 5.03. The van der Waals surface area contributed by atoms with E-state index in [0.717, 1.165) is 36.1 Å². The van der Waals surface area contributed by atoms with Crippen molar-refractivity contribution in [1.82, 2.24) is 10.2 Å². The molecule has 0 aliphatic rings. The molecular formula is C17H13F2N3O3S. The fourth-order valence-electron chi connectivity index (χ4n) is 2.23. The number of anilines is 1. The van der Waals surface area contributed by atoms with Crippen molar-refractivity contribution in [3.8, 4) is 22.1 Å². The number of rotatable bonds is 5. The molecule has 0 atom stereocenters. The lowest BCUT2D eigenvalue weighted by Gasteiger charge is -2.09. The highest BCUT2D eigenvalue weighted by Gasteiger charge is 2.22. The van der Waals surface area contributed by atoms with E-state index in [-0.39, 0.29) is 5.13 Å². The number of carbonyl (C=O) groups is 1. The summed E-state index contributed by atoms with van der Waals surface area (Å²) in [6.45, 7) is 0. The van der Waals surface area contributed by atoms with Gasteiger partial charge in [-0.3, -0.25) is 10.1 Å². The minimum Gasteiger partial charge on any atom is -0.497 e. The molecule has 0 saturated heterocycles. The van der Waals surface area contributed by atoms with E-state index in [9.17, 15) is 13.6 Å². The first-order valence-electron chi connectivity index (χ1n) is 7.34. The van der Waals surface area contributed by atoms with Crippen LogP contribution < -0.4 is 14.8 Å². The molecule has 134 valence electrons. The predicted octanol–water partition coefficient (Wildman–Crippen LogP) is 3.75. The van der Waals surface area contributed by atoms with E-state index in [0.29, 0.717) is 10.8 Å². The zero-order chi connectivity index (χ0) is 18.7. The Bertz CT molecular complexity index is 945. The van der Waals surface area contributed by atoms with E-state index in [1.54, 1.807) is 31.4 Å². The molecule has 1 N–H and O–H groups in total. The summed E-state index contributed by atoms with van der Waals surface area (Å²) in [5, 5.41) is 10.9. The number of benzene rings is 2. The molecule has 0 fully saturated rings. The fourth-order valence-corrected chi connectivity index (χ4v) is 2.97. The lowest BCUT2D eigenvalue weighted by atomic mass is 10.1. The van der Waals surface area contributed by atoms with Gasteiger partial charge in [-0.1, -0.05) is 11.3 Å². The van der Waals surface area contributed by atoms with Crippen molar-refractivity contribution in [3.05, 3.63) is 53.6 Å². The van der Waals surface area contributed by atoms with Gasteiger partial charge in [0.25, 0.3) is 5.91 Å². The fraction of sp³-hybridized carbons (Fsp3) is 0.118. The van der Waals surface area contributed by atoms with Crippen LogP contribution in [0.25, 0.3) is 10.6 Å². The van der Waals surface area contributed by atoms with E-state index < -0.39 is 28.9 Å². The number of aromatic nitrogens is 2. The summed E-state index contributed by atoms with van der Waals surface area (Å²) >= 11 is 1.09. The van der Waals surface area contributed by atoms with E-state index in [1.807, 2.05) is 0 Å². The van der Waals surface area contributed by atoms with Crippen LogP contribution >= 0.6 is 11.3 Å². The number of nitrogens with one attached hydrogen (secondary N) is 1. The van der Waals surface area contributed by atoms with Crippen LogP contribution in [0, 0.1) is 11.6 Å². The highest BCUT2D eigenvalue weighted by molar-refractivity contribution is 7.18. The van der Waals surface area contributed by atoms with Gasteiger partial charge in [-0.15, -0.1) is 10.2 Å². The third-order valence-corrected chi connectivity index (χ3v) is 4.36. The van der Waals surface area contributed by atoms with Gasteiger partial charge in [0.05, 0.1) is 14.2 Å². The molecule has 0 unspecified atom stereocenters. The van der Waals surface area contributed by atoms with Gasteiger partial charge >= 0.3 is 0 Å². The van der Waals surface area contributed by atoms with Crippen LogP contribution in [-0.2, 0) is 0 Å². The van der Waals surface area contributed by atoms with E-state index in [2.05, 4.69) is 15.5 Å². The van der Waals surface area contributed by atoms with Gasteiger partial charge in [0.1, 0.15) is 22.1 Å². The Labute approximate surface area is 151 Å². The maximum atomic E-state index is 14.0. The molecule has 26 heavy (non-hydrogen) atoms. The summed E-state index contributed by atoms with van der Waals surface area (Å²) in [7, 11) is 2.72. The molecule has 9 heteroatoms. The molecule has 0 spiro atoms. The molecule has 6 nitrogen and oxygen atoms in total. The van der Waals surface area contributed by atoms with Gasteiger partial charge in [0.2, 0.25) is 5.13 Å². The molecule has 3 rings (SSSR count). The average molecular weight is 377 g/mol. The summed E-state index contributed by atoms with van der Waals surface area (Å²) in [5.74, 6) is -2.39. The quantitative estimate of drug-likeness (QED) is 0.733. The molecule has 1 amide bonds. The Hall–Kier alpha value is -3.07. The summed E-state index contributed by atoms with van der Waals surface area (Å²) in [4.78, 5) is 12.3. The maximum absolute atomic E-state index is 14.0. The number of carbonyl (C=O) groups excluding carboxylic acids is 1. The average Bonchev–Trinajstić information content (AvgIpc) is 3.11. The summed E-state index contributed by atoms with van der Waals surface area (Å²) < 4.78 is 37.5. The van der Waals surface area contributed by atoms with E-state index in [4.69, 9.17) is 9.47 Å². The van der Waals surface area contributed by atoms with E-state index in [1.165, 1.54) is 0 Å². The number of amides is 1. The number of nitrogens with zero attached hydrogens (tertiary/aromatic N) is 2. The molecule has 0 aliphatic heterocycles. The second-order valence-corrected chi connectivity index (χ2v) is 6.01. The van der Waals surface area contributed by atoms with Crippen LogP contribution in [-0.4, -0.2) is 30.3 Å². The largest absolute Gasteiger partial charge is 0.497 e. The summed E-state index contributed by atoms with van der Waals surface area (Å²) in [6, 6.07) is 8.86. The van der Waals surface area contributed by atoms with Gasteiger partial charge in [-0.2, -0.15) is 0 Å². The van der Waals surface area contributed by atoms with Crippen molar-refractivity contribution in [2.24, 2.45) is 0 Å². The molecule has 0 saturated carbocycles. The standard InChI is InChI=1S/C17H13F2N3O3S/c1-24-10-5-3-9(4-6-10)16-21-22-17(26-16)20-15(23)13-11(18)7-8-12(19)14(13)25-2/h3-8H,1-2H3,(H,20,22,23). The molecule has 1 aromatic heterocycles. The highest BCUT2D eigenvalue weighted by atomic mass is 32.1. The Morgan fingerprint density at radius 3 is 2.35 bits per heavy atom. The number of hydrogen-bond donors (Lipinski definition) is 1. The SMILES string of the molecule is COc1ccc(-c2nnc(NC(=O)c3c(F)ccc(F)c3OC)s2)cc1. The van der Waals surface area contributed by atoms with Crippen molar-refractivity contribution in [3.63, 3.8) is 0 Å². The van der Waals surface area contributed by atoms with Crippen LogP contribution in [0.5, 0.6) is 11.5 Å². The monoisotopic (exact) mass is 377 g/mol. The highest BCUT2D eigenvalue weighted by Crippen LogP contribution is 2.30. The molecule has 1 heterocycles. The predicted molar refractivity (Wildman–Crippen MR) is 92.8 cm³/mol. The normalized spacial score (nSPS) is 10.5. The van der Waals surface area contributed by atoms with Crippen LogP contribution in [0.2, 0.25) is 0 Å². The Morgan fingerprint density at radius 2 is 1.69 bits per heavy atom. The van der Waals surface area contributed by atoms with Crippen molar-refractivity contribution < 1.29 is 23.0 Å². The Balaban J connectivity index is 1.83. The van der Waals surface area contributed by atoms with Crippen LogP contribution in [0.4, 0.5) is 13.9 Å².